The number of benzene rings is 1. The summed E-state index contributed by atoms with van der Waals surface area (Å²) in [5.41, 5.74) is -1.78. The summed E-state index contributed by atoms with van der Waals surface area (Å²) in [6.45, 7) is 1.11. The molecule has 1 aliphatic heterocycles. The molecule has 3 rings (SSSR count). The van der Waals surface area contributed by atoms with Gasteiger partial charge in [-0.05, 0) is 12.1 Å². The molecule has 2 unspecified atom stereocenters. The van der Waals surface area contributed by atoms with Crippen molar-refractivity contribution < 1.29 is 39.4 Å². The van der Waals surface area contributed by atoms with Crippen LogP contribution in [-0.2, 0) is 14.3 Å². The van der Waals surface area contributed by atoms with Gasteiger partial charge in [0, 0.05) is 5.92 Å². The van der Waals surface area contributed by atoms with Gasteiger partial charge < -0.3 is 34.6 Å². The zero-order chi connectivity index (χ0) is 17.5. The Hall–Kier alpha value is -1.71. The van der Waals surface area contributed by atoms with Crippen molar-refractivity contribution in [3.63, 3.8) is 0 Å². The van der Waals surface area contributed by atoms with Crippen LogP contribution in [0.1, 0.15) is 6.92 Å². The van der Waals surface area contributed by atoms with E-state index in [0.717, 1.165) is 0 Å². The standard InChI is InChI=1S/C16H20O8/c1-8-11(18)14-16(8,21)13(20)12(19)15(24-14)23-10(17)7-22-9-5-3-2-4-6-9/h2-6,8,11-15,18-21H,7H2,1H3/t8?,11?,12-,13-,14-,15-,16+/m1/s1. The Morgan fingerprint density at radius 1 is 1.21 bits per heavy atom. The molecule has 0 amide bonds. The van der Waals surface area contributed by atoms with E-state index >= 15 is 0 Å². The highest BCUT2D eigenvalue weighted by molar-refractivity contribution is 5.71. The highest BCUT2D eigenvalue weighted by atomic mass is 16.7. The Bertz CT molecular complexity index is 589. The third-order valence-corrected chi connectivity index (χ3v) is 4.71. The number of aliphatic hydroxyl groups excluding tert-OH is 3. The fraction of sp³-hybridized carbons (Fsp3) is 0.562. The van der Waals surface area contributed by atoms with Crippen LogP contribution in [0.5, 0.6) is 5.75 Å². The average molecular weight is 340 g/mol. The first-order chi connectivity index (χ1) is 11.4. The zero-order valence-electron chi connectivity index (χ0n) is 13.0. The molecule has 2 aliphatic rings. The molecule has 0 spiro atoms. The number of ether oxygens (including phenoxy) is 3. The smallest absolute Gasteiger partial charge is 0.346 e. The van der Waals surface area contributed by atoms with Crippen LogP contribution < -0.4 is 4.74 Å². The van der Waals surface area contributed by atoms with Crippen molar-refractivity contribution in [1.29, 1.82) is 0 Å². The maximum Gasteiger partial charge on any atom is 0.346 e. The van der Waals surface area contributed by atoms with E-state index in [1.807, 2.05) is 0 Å². The molecular formula is C16H20O8. The van der Waals surface area contributed by atoms with Crippen molar-refractivity contribution in [3.8, 4) is 5.75 Å². The number of aliphatic hydroxyl groups is 4. The quantitative estimate of drug-likeness (QED) is 0.504. The van der Waals surface area contributed by atoms with E-state index in [9.17, 15) is 25.2 Å². The largest absolute Gasteiger partial charge is 0.482 e. The second-order valence-corrected chi connectivity index (χ2v) is 6.12. The maximum atomic E-state index is 11.8. The van der Waals surface area contributed by atoms with Gasteiger partial charge in [-0.1, -0.05) is 25.1 Å². The molecule has 7 atom stereocenters. The van der Waals surface area contributed by atoms with Crippen LogP contribution in [0.3, 0.4) is 0 Å². The molecule has 8 heteroatoms. The molecule has 4 N–H and O–H groups in total. The summed E-state index contributed by atoms with van der Waals surface area (Å²) in [4.78, 5) is 11.8. The predicted molar refractivity (Wildman–Crippen MR) is 78.8 cm³/mol. The Morgan fingerprint density at radius 2 is 1.88 bits per heavy atom. The van der Waals surface area contributed by atoms with E-state index in [1.165, 1.54) is 6.92 Å². The molecule has 0 radical (unpaired) electrons. The molecule has 1 aliphatic carbocycles. The number of fused-ring (bicyclic) bond motifs is 1. The number of carbonyl (C=O) groups is 1. The summed E-state index contributed by atoms with van der Waals surface area (Å²) in [5.74, 6) is -1.02. The van der Waals surface area contributed by atoms with E-state index in [2.05, 4.69) is 0 Å². The Morgan fingerprint density at radius 3 is 2.54 bits per heavy atom. The van der Waals surface area contributed by atoms with E-state index < -0.39 is 54.8 Å². The summed E-state index contributed by atoms with van der Waals surface area (Å²) in [7, 11) is 0. The Labute approximate surface area is 138 Å². The normalized spacial score (nSPS) is 41.0. The lowest BCUT2D eigenvalue weighted by Crippen LogP contribution is -2.81. The fourth-order valence-corrected chi connectivity index (χ4v) is 3.14. The minimum Gasteiger partial charge on any atom is -0.482 e. The van der Waals surface area contributed by atoms with Crippen LogP contribution in [0.15, 0.2) is 30.3 Å². The first kappa shape index (κ1) is 17.1. The van der Waals surface area contributed by atoms with Gasteiger partial charge >= 0.3 is 5.97 Å². The minimum absolute atomic E-state index is 0.416. The van der Waals surface area contributed by atoms with Crippen molar-refractivity contribution in [3.05, 3.63) is 30.3 Å². The number of para-hydroxylation sites is 1. The van der Waals surface area contributed by atoms with Gasteiger partial charge in [0.2, 0.25) is 6.29 Å². The lowest BCUT2D eigenvalue weighted by Gasteiger charge is -2.60. The monoisotopic (exact) mass is 340 g/mol. The van der Waals surface area contributed by atoms with Crippen LogP contribution in [0.25, 0.3) is 0 Å². The van der Waals surface area contributed by atoms with Crippen LogP contribution in [-0.4, -0.2) is 69.3 Å². The molecule has 2 fully saturated rings. The van der Waals surface area contributed by atoms with Gasteiger partial charge in [-0.15, -0.1) is 0 Å². The van der Waals surface area contributed by atoms with Gasteiger partial charge in [0.1, 0.15) is 29.7 Å². The van der Waals surface area contributed by atoms with E-state index in [-0.39, 0.29) is 0 Å². The van der Waals surface area contributed by atoms with Gasteiger partial charge in [-0.3, -0.25) is 0 Å². The molecule has 0 aromatic heterocycles. The molecule has 1 saturated heterocycles. The second kappa shape index (κ2) is 6.30. The number of carbonyl (C=O) groups excluding carboxylic acids is 1. The number of hydrogen-bond acceptors (Lipinski definition) is 8. The molecule has 1 heterocycles. The number of rotatable bonds is 4. The van der Waals surface area contributed by atoms with Crippen molar-refractivity contribution in [2.24, 2.45) is 5.92 Å². The van der Waals surface area contributed by atoms with Gasteiger partial charge in [0.05, 0.1) is 6.10 Å². The molecule has 8 nitrogen and oxygen atoms in total. The maximum absolute atomic E-state index is 11.8. The van der Waals surface area contributed by atoms with Crippen LogP contribution >= 0.6 is 0 Å². The van der Waals surface area contributed by atoms with Crippen molar-refractivity contribution >= 4 is 5.97 Å². The first-order valence-corrected chi connectivity index (χ1v) is 7.65. The first-order valence-electron chi connectivity index (χ1n) is 7.65. The summed E-state index contributed by atoms with van der Waals surface area (Å²) in [6, 6.07) is 8.60. The summed E-state index contributed by atoms with van der Waals surface area (Å²) in [6.07, 6.45) is -6.92. The van der Waals surface area contributed by atoms with E-state index in [0.29, 0.717) is 5.75 Å². The van der Waals surface area contributed by atoms with Crippen molar-refractivity contribution in [1.82, 2.24) is 0 Å². The lowest BCUT2D eigenvalue weighted by molar-refractivity contribution is -0.392. The highest BCUT2D eigenvalue weighted by Gasteiger charge is 2.69. The molecule has 1 aromatic carbocycles. The Balaban J connectivity index is 1.58. The van der Waals surface area contributed by atoms with E-state index in [4.69, 9.17) is 14.2 Å². The molecule has 1 saturated carbocycles. The molecule has 1 aromatic rings. The third-order valence-electron chi connectivity index (χ3n) is 4.71. The Kier molecular flexibility index (Phi) is 4.50. The average Bonchev–Trinajstić information content (AvgIpc) is 2.60. The SMILES string of the molecule is CC1C(O)[C@H]2O[C@@H](OC(=O)COc3ccccc3)[C@H](O)[C@@H](O)[C@@]12O. The van der Waals surface area contributed by atoms with Gasteiger partial charge in [0.15, 0.2) is 6.61 Å². The highest BCUT2D eigenvalue weighted by Crippen LogP contribution is 2.48. The minimum atomic E-state index is -1.78. The summed E-state index contributed by atoms with van der Waals surface area (Å²) in [5, 5.41) is 40.3. The zero-order valence-corrected chi connectivity index (χ0v) is 13.0. The third kappa shape index (κ3) is 2.66. The van der Waals surface area contributed by atoms with Crippen LogP contribution in [0.2, 0.25) is 0 Å². The summed E-state index contributed by atoms with van der Waals surface area (Å²) >= 11 is 0. The van der Waals surface area contributed by atoms with E-state index in [1.54, 1.807) is 30.3 Å². The van der Waals surface area contributed by atoms with Gasteiger partial charge in [-0.2, -0.15) is 0 Å². The molecule has 132 valence electrons. The molecule has 0 bridgehead atoms. The number of hydrogen-bond donors (Lipinski definition) is 4. The predicted octanol–water partition coefficient (Wildman–Crippen LogP) is -1.20. The van der Waals surface area contributed by atoms with Crippen molar-refractivity contribution in [2.45, 2.75) is 43.2 Å². The van der Waals surface area contributed by atoms with Crippen molar-refractivity contribution in [2.75, 3.05) is 6.61 Å². The summed E-state index contributed by atoms with van der Waals surface area (Å²) < 4.78 is 15.4. The number of esters is 1. The lowest BCUT2D eigenvalue weighted by atomic mass is 9.60. The molecule has 24 heavy (non-hydrogen) atoms. The van der Waals surface area contributed by atoms with Gasteiger partial charge in [0.25, 0.3) is 0 Å². The topological polar surface area (TPSA) is 126 Å². The van der Waals surface area contributed by atoms with Crippen LogP contribution in [0, 0.1) is 5.92 Å². The van der Waals surface area contributed by atoms with Crippen LogP contribution in [0.4, 0.5) is 0 Å². The van der Waals surface area contributed by atoms with Gasteiger partial charge in [-0.25, -0.2) is 4.79 Å². The fourth-order valence-electron chi connectivity index (χ4n) is 3.14. The molecular weight excluding hydrogens is 320 g/mol. The second-order valence-electron chi connectivity index (χ2n) is 6.12.